The van der Waals surface area contributed by atoms with Gasteiger partial charge in [0.2, 0.25) is 0 Å². The van der Waals surface area contributed by atoms with Crippen LogP contribution >= 0.6 is 0 Å². The Kier molecular flexibility index (Phi) is 4.35. The number of aliphatic hydroxyl groups is 1. The highest BCUT2D eigenvalue weighted by molar-refractivity contribution is 6.14. The third kappa shape index (κ3) is 3.51. The zero-order chi connectivity index (χ0) is 11.4. The Hall–Kier alpha value is 0.0249. The van der Waals surface area contributed by atoms with Crippen LogP contribution in [0.5, 0.6) is 0 Å². The molecule has 0 amide bonds. The normalized spacial score (nSPS) is 42.3. The summed E-state index contributed by atoms with van der Waals surface area (Å²) in [6, 6.07) is 0. The van der Waals surface area contributed by atoms with Crippen LogP contribution in [0.4, 0.5) is 0 Å². The highest BCUT2D eigenvalue weighted by atomic mass is 16.3. The molecule has 0 unspecified atom stereocenters. The molecule has 16 heavy (non-hydrogen) atoms. The van der Waals surface area contributed by atoms with E-state index in [9.17, 15) is 5.11 Å². The lowest BCUT2D eigenvalue weighted by molar-refractivity contribution is 0.0707. The number of rotatable bonds is 0. The van der Waals surface area contributed by atoms with Gasteiger partial charge in [-0.3, -0.25) is 0 Å². The minimum absolute atomic E-state index is 0.368. The van der Waals surface area contributed by atoms with Gasteiger partial charge in [0.05, 0.1) is 0 Å². The first-order valence-corrected chi connectivity index (χ1v) is 7.40. The third-order valence-electron chi connectivity index (χ3n) is 4.91. The van der Waals surface area contributed by atoms with E-state index in [0.717, 1.165) is 24.7 Å². The first-order valence-electron chi connectivity index (χ1n) is 7.40. The summed E-state index contributed by atoms with van der Waals surface area (Å²) in [7, 11) is 2.04. The van der Waals surface area contributed by atoms with E-state index >= 15 is 0 Å². The van der Waals surface area contributed by atoms with Gasteiger partial charge in [0.15, 0.2) is 0 Å². The van der Waals surface area contributed by atoms with Crippen LogP contribution in [0.15, 0.2) is 0 Å². The van der Waals surface area contributed by atoms with Crippen molar-refractivity contribution in [1.29, 1.82) is 0 Å². The Labute approximate surface area is 101 Å². The summed E-state index contributed by atoms with van der Waals surface area (Å²) in [4.78, 5) is 0. The fourth-order valence-electron chi connectivity index (χ4n) is 3.76. The molecule has 2 aliphatic rings. The molecule has 0 aliphatic heterocycles. The van der Waals surface area contributed by atoms with Crippen LogP contribution in [0, 0.1) is 11.8 Å². The maximum atomic E-state index is 10.2. The van der Waals surface area contributed by atoms with Crippen LogP contribution in [-0.4, -0.2) is 18.5 Å². The Bertz CT molecular complexity index is 215. The van der Waals surface area contributed by atoms with E-state index < -0.39 is 0 Å². The first kappa shape index (κ1) is 12.5. The predicted molar refractivity (Wildman–Crippen MR) is 71.3 cm³/mol. The van der Waals surface area contributed by atoms with E-state index in [-0.39, 0.29) is 5.50 Å². The van der Waals surface area contributed by atoms with Crippen molar-refractivity contribution in [1.82, 2.24) is 0 Å². The van der Waals surface area contributed by atoms with Gasteiger partial charge in [-0.15, -0.1) is 0 Å². The second kappa shape index (κ2) is 5.57. The summed E-state index contributed by atoms with van der Waals surface area (Å²) in [5.41, 5.74) is -0.368. The summed E-state index contributed by atoms with van der Waals surface area (Å²) >= 11 is 0. The fraction of sp³-hybridized carbons (Fsp3) is 1.00. The molecule has 3 atom stereocenters. The average Bonchev–Trinajstić information content (AvgIpc) is 2.18. The zero-order valence-corrected chi connectivity index (χ0v) is 10.9. The number of hydrogen-bond acceptors (Lipinski definition) is 1. The van der Waals surface area contributed by atoms with Gasteiger partial charge in [-0.1, -0.05) is 51.4 Å². The maximum Gasteiger partial charge on any atom is 0.142 e. The van der Waals surface area contributed by atoms with Crippen LogP contribution in [0.2, 0.25) is 0 Å². The molecule has 0 radical (unpaired) electrons. The van der Waals surface area contributed by atoms with Crippen molar-refractivity contribution in [2.45, 2.75) is 76.1 Å². The smallest absolute Gasteiger partial charge is 0.142 e. The number of fused-ring (bicyclic) bond motifs is 1. The van der Waals surface area contributed by atoms with Gasteiger partial charge in [-0.2, -0.15) is 0 Å². The number of hydrogen-bond donors (Lipinski definition) is 1. The van der Waals surface area contributed by atoms with Crippen molar-refractivity contribution < 1.29 is 5.11 Å². The molecule has 0 saturated heterocycles. The molecule has 2 rings (SSSR count). The largest absolute Gasteiger partial charge is 0.399 e. The molecule has 92 valence electrons. The van der Waals surface area contributed by atoms with E-state index in [0.29, 0.717) is 0 Å². The summed E-state index contributed by atoms with van der Waals surface area (Å²) in [5, 5.41) is 10.2. The van der Waals surface area contributed by atoms with Crippen molar-refractivity contribution in [3.05, 3.63) is 0 Å². The van der Waals surface area contributed by atoms with Gasteiger partial charge < -0.3 is 5.11 Å². The van der Waals surface area contributed by atoms with Crippen LogP contribution in [0.1, 0.15) is 70.6 Å². The topological polar surface area (TPSA) is 20.2 Å². The standard InChI is InChI=1S/C14H27BO/c15-14(16)10-5-8-12-6-3-1-2-4-7-13(12)9-11-14/h12-13,16H,1-11,15H2/t12-,13+,14+/m1/s1. The third-order valence-corrected chi connectivity index (χ3v) is 4.91. The predicted octanol–water partition coefficient (Wildman–Crippen LogP) is 2.86. The summed E-state index contributed by atoms with van der Waals surface area (Å²) in [6.07, 6.45) is 14.6. The molecule has 2 fully saturated rings. The quantitative estimate of drug-likeness (QED) is 0.625. The van der Waals surface area contributed by atoms with Crippen molar-refractivity contribution >= 4 is 7.85 Å². The Morgan fingerprint density at radius 2 is 1.31 bits per heavy atom. The molecule has 2 heteroatoms. The highest BCUT2D eigenvalue weighted by Crippen LogP contribution is 2.38. The summed E-state index contributed by atoms with van der Waals surface area (Å²) in [5.74, 6) is 1.91. The van der Waals surface area contributed by atoms with Gasteiger partial charge in [-0.05, 0) is 31.1 Å². The SMILES string of the molecule is B[C@]1(O)CCC[C@H]2CCCCCC[C@H]2CC1. The van der Waals surface area contributed by atoms with E-state index in [1.165, 1.54) is 57.8 Å². The monoisotopic (exact) mass is 222 g/mol. The van der Waals surface area contributed by atoms with Gasteiger partial charge >= 0.3 is 0 Å². The summed E-state index contributed by atoms with van der Waals surface area (Å²) < 4.78 is 0. The molecule has 2 aliphatic carbocycles. The van der Waals surface area contributed by atoms with Gasteiger partial charge in [0.25, 0.3) is 0 Å². The lowest BCUT2D eigenvalue weighted by Gasteiger charge is -2.36. The second-order valence-electron chi connectivity index (χ2n) is 6.44. The van der Waals surface area contributed by atoms with Gasteiger partial charge in [0, 0.05) is 5.50 Å². The zero-order valence-electron chi connectivity index (χ0n) is 10.9. The maximum absolute atomic E-state index is 10.2. The van der Waals surface area contributed by atoms with Crippen LogP contribution in [-0.2, 0) is 0 Å². The van der Waals surface area contributed by atoms with E-state index in [4.69, 9.17) is 0 Å². The molecule has 0 aromatic rings. The molecular weight excluding hydrogens is 195 g/mol. The van der Waals surface area contributed by atoms with Crippen LogP contribution in [0.3, 0.4) is 0 Å². The summed E-state index contributed by atoms with van der Waals surface area (Å²) in [6.45, 7) is 0. The molecule has 1 nitrogen and oxygen atoms in total. The Balaban J connectivity index is 1.95. The minimum Gasteiger partial charge on any atom is -0.399 e. The van der Waals surface area contributed by atoms with E-state index in [2.05, 4.69) is 0 Å². The highest BCUT2D eigenvalue weighted by Gasteiger charge is 2.29. The molecule has 0 aromatic carbocycles. The molecule has 0 aromatic heterocycles. The van der Waals surface area contributed by atoms with Crippen molar-refractivity contribution in [3.63, 3.8) is 0 Å². The van der Waals surface area contributed by atoms with E-state index in [1.54, 1.807) is 0 Å². The molecule has 0 spiro atoms. The molecule has 0 bridgehead atoms. The average molecular weight is 222 g/mol. The van der Waals surface area contributed by atoms with Gasteiger partial charge in [0.1, 0.15) is 7.85 Å². The van der Waals surface area contributed by atoms with Crippen molar-refractivity contribution in [3.8, 4) is 0 Å². The van der Waals surface area contributed by atoms with Gasteiger partial charge in [-0.25, -0.2) is 0 Å². The Morgan fingerprint density at radius 1 is 0.750 bits per heavy atom. The van der Waals surface area contributed by atoms with Crippen LogP contribution in [0.25, 0.3) is 0 Å². The lowest BCUT2D eigenvalue weighted by Crippen LogP contribution is -2.33. The second-order valence-corrected chi connectivity index (χ2v) is 6.44. The lowest BCUT2D eigenvalue weighted by atomic mass is 9.66. The molecule has 1 N–H and O–H groups in total. The molecule has 2 saturated carbocycles. The van der Waals surface area contributed by atoms with Crippen LogP contribution < -0.4 is 0 Å². The van der Waals surface area contributed by atoms with Crippen molar-refractivity contribution in [2.24, 2.45) is 11.8 Å². The minimum atomic E-state index is -0.368. The molecule has 0 heterocycles. The first-order chi connectivity index (χ1) is 7.67. The Morgan fingerprint density at radius 3 is 2.00 bits per heavy atom. The van der Waals surface area contributed by atoms with E-state index in [1.807, 2.05) is 7.85 Å². The fourth-order valence-corrected chi connectivity index (χ4v) is 3.76. The molecular formula is C14H27BO. The van der Waals surface area contributed by atoms with Crippen molar-refractivity contribution in [2.75, 3.05) is 0 Å².